The normalized spacial score (nSPS) is 10.1. The van der Waals surface area contributed by atoms with Crippen molar-refractivity contribution in [1.29, 1.82) is 0 Å². The molecule has 0 aliphatic rings. The number of rotatable bonds is 4. The van der Waals surface area contributed by atoms with E-state index in [-0.39, 0.29) is 11.7 Å². The van der Waals surface area contributed by atoms with Gasteiger partial charge in [0.2, 0.25) is 0 Å². The lowest BCUT2D eigenvalue weighted by molar-refractivity contribution is 0.0948. The van der Waals surface area contributed by atoms with E-state index >= 15 is 0 Å². The molecule has 4 nitrogen and oxygen atoms in total. The predicted octanol–water partition coefficient (Wildman–Crippen LogP) is 2.98. The van der Waals surface area contributed by atoms with Gasteiger partial charge in [-0.25, -0.2) is 0 Å². The predicted molar refractivity (Wildman–Crippen MR) is 77.3 cm³/mol. The molecule has 0 heterocycles. The smallest absolute Gasteiger partial charge is 0.255 e. The number of phenolic OH excluding ortho intramolecular Hbond substituents is 1. The van der Waals surface area contributed by atoms with Gasteiger partial charge in [0.05, 0.1) is 12.7 Å². The third-order valence-electron chi connectivity index (χ3n) is 2.77. The highest BCUT2D eigenvalue weighted by atomic mass is 35.5. The molecule has 0 saturated heterocycles. The van der Waals surface area contributed by atoms with Crippen molar-refractivity contribution in [3.8, 4) is 11.5 Å². The Bertz CT molecular complexity index is 628. The fourth-order valence-corrected chi connectivity index (χ4v) is 1.96. The van der Waals surface area contributed by atoms with E-state index in [0.29, 0.717) is 22.9 Å². The molecule has 5 heteroatoms. The molecule has 20 heavy (non-hydrogen) atoms. The molecule has 0 bridgehead atoms. The lowest BCUT2D eigenvalue weighted by Crippen LogP contribution is -2.23. The van der Waals surface area contributed by atoms with Crippen LogP contribution in [-0.4, -0.2) is 18.1 Å². The van der Waals surface area contributed by atoms with E-state index in [0.717, 1.165) is 5.56 Å². The molecule has 2 aromatic carbocycles. The van der Waals surface area contributed by atoms with Crippen LogP contribution >= 0.6 is 11.6 Å². The van der Waals surface area contributed by atoms with Gasteiger partial charge in [-0.15, -0.1) is 0 Å². The number of methoxy groups -OCH3 is 1. The number of halogens is 1. The molecule has 0 aliphatic carbocycles. The molecule has 2 N–H and O–H groups in total. The lowest BCUT2D eigenvalue weighted by atomic mass is 10.1. The van der Waals surface area contributed by atoms with Crippen LogP contribution in [0.4, 0.5) is 0 Å². The summed E-state index contributed by atoms with van der Waals surface area (Å²) in [6.45, 7) is 0.318. The van der Waals surface area contributed by atoms with Gasteiger partial charge < -0.3 is 15.2 Å². The van der Waals surface area contributed by atoms with Crippen LogP contribution in [0.1, 0.15) is 15.9 Å². The third kappa shape index (κ3) is 3.42. The van der Waals surface area contributed by atoms with E-state index < -0.39 is 0 Å². The Kier molecular flexibility index (Phi) is 4.48. The molecule has 0 saturated carbocycles. The van der Waals surface area contributed by atoms with Crippen molar-refractivity contribution in [2.24, 2.45) is 0 Å². The van der Waals surface area contributed by atoms with Gasteiger partial charge in [-0.2, -0.15) is 0 Å². The van der Waals surface area contributed by atoms with Crippen molar-refractivity contribution < 1.29 is 14.6 Å². The number of hydrogen-bond acceptors (Lipinski definition) is 3. The molecule has 1 amide bonds. The molecular formula is C15H14ClNO3. The molecule has 2 rings (SSSR count). The fraction of sp³-hybridized carbons (Fsp3) is 0.133. The Hall–Kier alpha value is -2.20. The van der Waals surface area contributed by atoms with Crippen molar-refractivity contribution in [2.45, 2.75) is 6.54 Å². The molecule has 2 aromatic rings. The van der Waals surface area contributed by atoms with Gasteiger partial charge in [-0.05, 0) is 35.9 Å². The topological polar surface area (TPSA) is 58.6 Å². The zero-order valence-corrected chi connectivity index (χ0v) is 11.6. The number of ether oxygens (including phenoxy) is 1. The average Bonchev–Trinajstić information content (AvgIpc) is 2.44. The highest BCUT2D eigenvalue weighted by Gasteiger charge is 2.12. The van der Waals surface area contributed by atoms with Gasteiger partial charge in [0.15, 0.2) is 0 Å². The first-order valence-corrected chi connectivity index (χ1v) is 6.37. The Balaban J connectivity index is 2.09. The number of carbonyl (C=O) groups is 1. The number of phenols is 1. The maximum atomic E-state index is 12.1. The number of aromatic hydroxyl groups is 1. The lowest BCUT2D eigenvalue weighted by Gasteiger charge is -2.10. The number of amides is 1. The van der Waals surface area contributed by atoms with Crippen LogP contribution in [0.5, 0.6) is 11.5 Å². The van der Waals surface area contributed by atoms with Crippen LogP contribution in [0.2, 0.25) is 5.02 Å². The summed E-state index contributed by atoms with van der Waals surface area (Å²) in [5.41, 5.74) is 1.23. The first-order chi connectivity index (χ1) is 9.60. The molecule has 0 radical (unpaired) electrons. The second kappa shape index (κ2) is 6.30. The van der Waals surface area contributed by atoms with Crippen molar-refractivity contribution in [2.75, 3.05) is 7.11 Å². The monoisotopic (exact) mass is 291 g/mol. The quantitative estimate of drug-likeness (QED) is 0.910. The van der Waals surface area contributed by atoms with E-state index in [1.807, 2.05) is 6.07 Å². The Morgan fingerprint density at radius 3 is 2.80 bits per heavy atom. The first kappa shape index (κ1) is 14.2. The van der Waals surface area contributed by atoms with Crippen LogP contribution in [0.15, 0.2) is 42.5 Å². The Morgan fingerprint density at radius 1 is 1.30 bits per heavy atom. The zero-order valence-electron chi connectivity index (χ0n) is 10.9. The van der Waals surface area contributed by atoms with Crippen LogP contribution in [0.3, 0.4) is 0 Å². The Labute approximate surface area is 122 Å². The van der Waals surface area contributed by atoms with Gasteiger partial charge in [0, 0.05) is 11.6 Å². The molecule has 0 unspecified atom stereocenters. The number of carbonyl (C=O) groups excluding carboxylic acids is 1. The van der Waals surface area contributed by atoms with Crippen LogP contribution in [-0.2, 0) is 6.54 Å². The minimum Gasteiger partial charge on any atom is -0.508 e. The van der Waals surface area contributed by atoms with E-state index in [4.69, 9.17) is 16.3 Å². The van der Waals surface area contributed by atoms with Crippen molar-refractivity contribution in [3.05, 3.63) is 58.6 Å². The molecule has 0 spiro atoms. The van der Waals surface area contributed by atoms with E-state index in [1.54, 1.807) is 36.4 Å². The van der Waals surface area contributed by atoms with Gasteiger partial charge >= 0.3 is 0 Å². The fourth-order valence-electron chi connectivity index (χ4n) is 1.80. The Morgan fingerprint density at radius 2 is 2.10 bits per heavy atom. The number of nitrogens with one attached hydrogen (secondary N) is 1. The molecule has 104 valence electrons. The summed E-state index contributed by atoms with van der Waals surface area (Å²) in [5, 5.41) is 12.6. The van der Waals surface area contributed by atoms with Crippen molar-refractivity contribution in [3.63, 3.8) is 0 Å². The van der Waals surface area contributed by atoms with Crippen LogP contribution in [0, 0.1) is 0 Å². The van der Waals surface area contributed by atoms with E-state index in [1.165, 1.54) is 7.11 Å². The number of hydrogen-bond donors (Lipinski definition) is 2. The van der Waals surface area contributed by atoms with Gasteiger partial charge in [-0.1, -0.05) is 23.7 Å². The van der Waals surface area contributed by atoms with E-state index in [2.05, 4.69) is 5.32 Å². The minimum absolute atomic E-state index is 0.167. The first-order valence-electron chi connectivity index (χ1n) is 6.00. The minimum atomic E-state index is -0.262. The highest BCUT2D eigenvalue weighted by molar-refractivity contribution is 6.30. The number of benzene rings is 2. The van der Waals surface area contributed by atoms with Crippen molar-refractivity contribution in [1.82, 2.24) is 5.32 Å². The SMILES string of the molecule is COc1cc(Cl)ccc1C(=O)NCc1cccc(O)c1. The van der Waals surface area contributed by atoms with Crippen LogP contribution < -0.4 is 10.1 Å². The summed E-state index contributed by atoms with van der Waals surface area (Å²) >= 11 is 5.85. The zero-order chi connectivity index (χ0) is 14.5. The van der Waals surface area contributed by atoms with E-state index in [9.17, 15) is 9.90 Å². The summed E-state index contributed by atoms with van der Waals surface area (Å²) in [7, 11) is 1.48. The second-order valence-electron chi connectivity index (χ2n) is 4.20. The molecule has 0 atom stereocenters. The van der Waals surface area contributed by atoms with Crippen LogP contribution in [0.25, 0.3) is 0 Å². The second-order valence-corrected chi connectivity index (χ2v) is 4.63. The highest BCUT2D eigenvalue weighted by Crippen LogP contribution is 2.23. The van der Waals surface area contributed by atoms with Gasteiger partial charge in [0.1, 0.15) is 11.5 Å². The molecule has 0 aromatic heterocycles. The largest absolute Gasteiger partial charge is 0.508 e. The van der Waals surface area contributed by atoms with Gasteiger partial charge in [-0.3, -0.25) is 4.79 Å². The summed E-state index contributed by atoms with van der Waals surface area (Å²) in [4.78, 5) is 12.1. The third-order valence-corrected chi connectivity index (χ3v) is 3.01. The van der Waals surface area contributed by atoms with Gasteiger partial charge in [0.25, 0.3) is 5.91 Å². The average molecular weight is 292 g/mol. The summed E-state index contributed by atoms with van der Waals surface area (Å²) in [5.74, 6) is 0.327. The summed E-state index contributed by atoms with van der Waals surface area (Å²) in [6, 6.07) is 11.5. The summed E-state index contributed by atoms with van der Waals surface area (Å²) < 4.78 is 5.13. The molecule has 0 aliphatic heterocycles. The standard InChI is InChI=1S/C15H14ClNO3/c1-20-14-8-11(16)5-6-13(14)15(19)17-9-10-3-2-4-12(18)7-10/h2-8,18H,9H2,1H3,(H,17,19). The maximum Gasteiger partial charge on any atom is 0.255 e. The summed E-state index contributed by atoms with van der Waals surface area (Å²) in [6.07, 6.45) is 0. The van der Waals surface area contributed by atoms with Crippen molar-refractivity contribution >= 4 is 17.5 Å². The molecule has 0 fully saturated rings. The molecular weight excluding hydrogens is 278 g/mol. The maximum absolute atomic E-state index is 12.1.